The second kappa shape index (κ2) is 6.24. The Balaban J connectivity index is 2.25. The molecule has 2 aromatic carbocycles. The monoisotopic (exact) mass is 292 g/mol. The molecule has 0 saturated heterocycles. The van der Waals surface area contributed by atoms with Crippen LogP contribution in [0.25, 0.3) is 0 Å². The van der Waals surface area contributed by atoms with Crippen LogP contribution in [0, 0.1) is 0 Å². The van der Waals surface area contributed by atoms with Gasteiger partial charge in [-0.2, -0.15) is 0 Å². The van der Waals surface area contributed by atoms with Crippen LogP contribution in [0.2, 0.25) is 0 Å². The maximum absolute atomic E-state index is 4.25. The van der Waals surface area contributed by atoms with E-state index in [2.05, 4.69) is 91.3 Å². The van der Waals surface area contributed by atoms with Crippen molar-refractivity contribution in [2.45, 2.75) is 12.8 Å². The molecule has 0 fully saturated rings. The quantitative estimate of drug-likeness (QED) is 0.712. The molecule has 1 aliphatic rings. The summed E-state index contributed by atoms with van der Waals surface area (Å²) < 4.78 is 0. The molecule has 21 heavy (non-hydrogen) atoms. The van der Waals surface area contributed by atoms with Crippen LogP contribution in [-0.2, 0) is 0 Å². The Morgan fingerprint density at radius 3 is 1.81 bits per heavy atom. The first-order valence-corrected chi connectivity index (χ1v) is 9.57. The van der Waals surface area contributed by atoms with Gasteiger partial charge in [0.1, 0.15) is 0 Å². The van der Waals surface area contributed by atoms with Gasteiger partial charge in [0.05, 0.1) is 0 Å². The SMILES string of the molecule is C=C[PH](C1=CCCC=C1)(c1ccccc1)c1ccccc1. The molecule has 1 heteroatoms. The minimum absolute atomic E-state index is 1.13. The third-order valence-electron chi connectivity index (χ3n) is 4.21. The summed E-state index contributed by atoms with van der Waals surface area (Å²) in [6.07, 6.45) is 9.31. The van der Waals surface area contributed by atoms with Crippen LogP contribution in [0.1, 0.15) is 12.8 Å². The van der Waals surface area contributed by atoms with Crippen LogP contribution in [0.3, 0.4) is 0 Å². The van der Waals surface area contributed by atoms with E-state index in [4.69, 9.17) is 0 Å². The summed E-state index contributed by atoms with van der Waals surface area (Å²) in [6.45, 7) is 4.25. The van der Waals surface area contributed by atoms with E-state index in [1.165, 1.54) is 15.9 Å². The zero-order valence-electron chi connectivity index (χ0n) is 12.2. The minimum atomic E-state index is -2.08. The summed E-state index contributed by atoms with van der Waals surface area (Å²) in [5, 5.41) is 4.27. The maximum atomic E-state index is 4.25. The van der Waals surface area contributed by atoms with Gasteiger partial charge in [0.2, 0.25) is 0 Å². The van der Waals surface area contributed by atoms with Crippen LogP contribution in [0.15, 0.2) is 96.6 Å². The average molecular weight is 292 g/mol. The van der Waals surface area contributed by atoms with Crippen molar-refractivity contribution in [1.82, 2.24) is 0 Å². The van der Waals surface area contributed by atoms with Crippen LogP contribution in [0.5, 0.6) is 0 Å². The molecule has 0 aromatic heterocycles. The molecule has 0 N–H and O–H groups in total. The summed E-state index contributed by atoms with van der Waals surface area (Å²) in [4.78, 5) is 0. The van der Waals surface area contributed by atoms with Gasteiger partial charge < -0.3 is 0 Å². The molecule has 2 aromatic rings. The van der Waals surface area contributed by atoms with E-state index >= 15 is 0 Å². The summed E-state index contributed by atoms with van der Waals surface area (Å²) >= 11 is 0. The molecule has 0 amide bonds. The number of benzene rings is 2. The Bertz CT molecular complexity index is 626. The number of hydrogen-bond donors (Lipinski definition) is 0. The predicted octanol–water partition coefficient (Wildman–Crippen LogP) is 4.76. The fourth-order valence-electron chi connectivity index (χ4n) is 3.16. The third kappa shape index (κ3) is 2.52. The first-order chi connectivity index (χ1) is 10.4. The van der Waals surface area contributed by atoms with Gasteiger partial charge in [-0.15, -0.1) is 0 Å². The Labute approximate surface area is 127 Å². The van der Waals surface area contributed by atoms with E-state index in [0.29, 0.717) is 0 Å². The molecule has 0 atom stereocenters. The second-order valence-electron chi connectivity index (χ2n) is 5.38. The molecule has 3 rings (SSSR count). The Hall–Kier alpha value is -1.91. The fourth-order valence-corrected chi connectivity index (χ4v) is 7.15. The van der Waals surface area contributed by atoms with Gasteiger partial charge in [-0.25, -0.2) is 0 Å². The van der Waals surface area contributed by atoms with Gasteiger partial charge in [0, 0.05) is 0 Å². The standard InChI is InChI=1S/C20H21P/c1-2-21(18-12-6-3-7-13-18,19-14-8-4-9-15-19)20-16-10-5-11-17-20/h2-4,6-10,12-17,21H,1,5,11H2. The molecule has 106 valence electrons. The molecule has 0 heterocycles. The Morgan fingerprint density at radius 2 is 1.38 bits per heavy atom. The van der Waals surface area contributed by atoms with Gasteiger partial charge in [-0.05, 0) is 0 Å². The van der Waals surface area contributed by atoms with E-state index in [-0.39, 0.29) is 0 Å². The van der Waals surface area contributed by atoms with E-state index in [1.807, 2.05) is 0 Å². The molecule has 0 bridgehead atoms. The van der Waals surface area contributed by atoms with Crippen molar-refractivity contribution in [2.24, 2.45) is 0 Å². The molecular formula is C20H21P. The molecule has 0 unspecified atom stereocenters. The van der Waals surface area contributed by atoms with E-state index in [0.717, 1.165) is 12.8 Å². The van der Waals surface area contributed by atoms with Gasteiger partial charge in [-0.3, -0.25) is 0 Å². The van der Waals surface area contributed by atoms with Gasteiger partial charge in [0.15, 0.2) is 0 Å². The zero-order valence-corrected chi connectivity index (χ0v) is 13.2. The summed E-state index contributed by atoms with van der Waals surface area (Å²) in [5.41, 5.74) is 0. The van der Waals surface area contributed by atoms with Crippen LogP contribution < -0.4 is 10.6 Å². The summed E-state index contributed by atoms with van der Waals surface area (Å²) in [5.74, 6) is 2.22. The number of allylic oxidation sites excluding steroid dienone is 4. The van der Waals surface area contributed by atoms with Crippen LogP contribution in [0.4, 0.5) is 0 Å². The number of hydrogen-bond acceptors (Lipinski definition) is 0. The molecule has 0 spiro atoms. The summed E-state index contributed by atoms with van der Waals surface area (Å²) in [6, 6.07) is 21.7. The average Bonchev–Trinajstić information content (AvgIpc) is 2.59. The fraction of sp³-hybridized carbons (Fsp3) is 0.100. The van der Waals surface area contributed by atoms with E-state index in [9.17, 15) is 0 Å². The first kappa shape index (κ1) is 14.0. The normalized spacial score (nSPS) is 15.3. The zero-order chi connectivity index (χ0) is 14.5. The molecular weight excluding hydrogens is 271 g/mol. The molecule has 0 aliphatic heterocycles. The molecule has 0 radical (unpaired) electrons. The van der Waals surface area contributed by atoms with Gasteiger partial charge in [-0.1, -0.05) is 0 Å². The van der Waals surface area contributed by atoms with Crippen molar-refractivity contribution in [2.75, 3.05) is 0 Å². The molecule has 1 aliphatic carbocycles. The second-order valence-corrected chi connectivity index (χ2v) is 9.14. The molecule has 0 nitrogen and oxygen atoms in total. The first-order valence-electron chi connectivity index (χ1n) is 7.50. The van der Waals surface area contributed by atoms with Crippen molar-refractivity contribution in [3.05, 3.63) is 96.6 Å². The topological polar surface area (TPSA) is 0 Å². The van der Waals surface area contributed by atoms with Crippen molar-refractivity contribution >= 4 is 17.9 Å². The van der Waals surface area contributed by atoms with Crippen molar-refractivity contribution in [3.63, 3.8) is 0 Å². The van der Waals surface area contributed by atoms with Crippen molar-refractivity contribution in [1.29, 1.82) is 0 Å². The van der Waals surface area contributed by atoms with E-state index in [1.54, 1.807) is 0 Å². The predicted molar refractivity (Wildman–Crippen MR) is 97.1 cm³/mol. The van der Waals surface area contributed by atoms with Crippen molar-refractivity contribution in [3.8, 4) is 0 Å². The Morgan fingerprint density at radius 1 is 0.810 bits per heavy atom. The van der Waals surface area contributed by atoms with E-state index < -0.39 is 7.26 Å². The van der Waals surface area contributed by atoms with Gasteiger partial charge in [0.25, 0.3) is 0 Å². The summed E-state index contributed by atoms with van der Waals surface area (Å²) in [7, 11) is -2.08. The number of rotatable bonds is 4. The van der Waals surface area contributed by atoms with Gasteiger partial charge >= 0.3 is 127 Å². The van der Waals surface area contributed by atoms with Crippen molar-refractivity contribution < 1.29 is 0 Å². The third-order valence-corrected chi connectivity index (χ3v) is 8.60. The van der Waals surface area contributed by atoms with Crippen LogP contribution >= 0.6 is 7.26 Å². The van der Waals surface area contributed by atoms with Crippen LogP contribution in [-0.4, -0.2) is 0 Å². The molecule has 0 saturated carbocycles. The Kier molecular flexibility index (Phi) is 4.18.